The smallest absolute Gasteiger partial charge is 0.368 e. The average molecular weight is 470 g/mol. The zero-order valence-electron chi connectivity index (χ0n) is 19.1. The Morgan fingerprint density at radius 2 is 1.94 bits per heavy atom. The normalized spacial score (nSPS) is 18.5. The van der Waals surface area contributed by atoms with Crippen molar-refractivity contribution < 1.29 is 18.0 Å². The highest BCUT2D eigenvalue weighted by atomic mass is 19.4. The van der Waals surface area contributed by atoms with Gasteiger partial charge in [-0.3, -0.25) is 9.78 Å². The lowest BCUT2D eigenvalue weighted by molar-refractivity contribution is -0.138. The molecule has 1 N–H and O–H groups in total. The molecule has 178 valence electrons. The van der Waals surface area contributed by atoms with E-state index in [0.717, 1.165) is 36.2 Å². The van der Waals surface area contributed by atoms with Gasteiger partial charge >= 0.3 is 6.18 Å². The number of hydrogen-bond acceptors (Lipinski definition) is 6. The molecule has 1 atom stereocenters. The molecule has 1 aromatic carbocycles. The number of carbonyl (C=O) groups is 1. The number of amides is 1. The highest BCUT2D eigenvalue weighted by Gasteiger charge is 2.53. The van der Waals surface area contributed by atoms with Crippen molar-refractivity contribution in [1.29, 1.82) is 0 Å². The summed E-state index contributed by atoms with van der Waals surface area (Å²) in [7, 11) is 1.84. The van der Waals surface area contributed by atoms with E-state index in [1.54, 1.807) is 24.1 Å². The van der Waals surface area contributed by atoms with Gasteiger partial charge in [0, 0.05) is 32.1 Å². The Hall–Kier alpha value is -3.43. The van der Waals surface area contributed by atoms with Crippen molar-refractivity contribution in [2.24, 2.45) is 5.41 Å². The molecule has 2 aliphatic rings. The zero-order chi connectivity index (χ0) is 24.3. The number of fused-ring (bicyclic) bond motifs is 1. The molecule has 0 unspecified atom stereocenters. The molecule has 4 heterocycles. The van der Waals surface area contributed by atoms with Gasteiger partial charge in [-0.25, -0.2) is 0 Å². The number of aromatic nitrogens is 3. The maximum absolute atomic E-state index is 13.1. The molecule has 34 heavy (non-hydrogen) atoms. The predicted octanol–water partition coefficient (Wildman–Crippen LogP) is 4.19. The Morgan fingerprint density at radius 3 is 2.62 bits per heavy atom. The van der Waals surface area contributed by atoms with Gasteiger partial charge in [-0.15, -0.1) is 5.10 Å². The van der Waals surface area contributed by atoms with E-state index in [-0.39, 0.29) is 11.3 Å². The molecule has 2 aliphatic heterocycles. The number of hydrogen-bond donors (Lipinski definition) is 1. The van der Waals surface area contributed by atoms with E-state index in [2.05, 4.69) is 25.4 Å². The highest BCUT2D eigenvalue weighted by molar-refractivity contribution is 5.93. The molecule has 2 saturated heterocycles. The van der Waals surface area contributed by atoms with Gasteiger partial charge in [0.1, 0.15) is 0 Å². The van der Waals surface area contributed by atoms with Crippen LogP contribution >= 0.6 is 0 Å². The third-order valence-corrected chi connectivity index (χ3v) is 6.92. The lowest BCUT2D eigenvalue weighted by Crippen LogP contribution is -2.60. The number of nitrogens with zero attached hydrogens (tertiary/aromatic N) is 5. The summed E-state index contributed by atoms with van der Waals surface area (Å²) in [6, 6.07) is 6.76. The Kier molecular flexibility index (Phi) is 5.14. The summed E-state index contributed by atoms with van der Waals surface area (Å²) < 4.78 is 39.4. The van der Waals surface area contributed by atoms with E-state index in [1.165, 1.54) is 6.07 Å². The van der Waals surface area contributed by atoms with E-state index in [4.69, 9.17) is 0 Å². The number of alkyl halides is 3. The molecule has 0 saturated carbocycles. The first kappa shape index (κ1) is 22.4. The van der Waals surface area contributed by atoms with Gasteiger partial charge in [0.05, 0.1) is 40.1 Å². The maximum atomic E-state index is 13.1. The number of halogens is 3. The van der Waals surface area contributed by atoms with Crippen LogP contribution in [0.4, 0.5) is 24.7 Å². The summed E-state index contributed by atoms with van der Waals surface area (Å²) in [4.78, 5) is 21.0. The minimum absolute atomic E-state index is 0.191. The van der Waals surface area contributed by atoms with Crippen molar-refractivity contribution in [3.63, 3.8) is 0 Å². The van der Waals surface area contributed by atoms with Gasteiger partial charge in [0.15, 0.2) is 5.82 Å². The monoisotopic (exact) mass is 470 g/mol. The fourth-order valence-corrected chi connectivity index (χ4v) is 4.86. The number of benzene rings is 1. The number of aryl methyl sites for hydroxylation is 1. The molecule has 1 spiro atoms. The molecule has 2 fully saturated rings. The lowest BCUT2D eigenvalue weighted by Gasteiger charge is -2.47. The van der Waals surface area contributed by atoms with Gasteiger partial charge in [-0.1, -0.05) is 12.1 Å². The average Bonchev–Trinajstić information content (AvgIpc) is 3.08. The molecule has 7 nitrogen and oxygen atoms in total. The Labute approximate surface area is 195 Å². The molecular formula is C24H25F3N6O. The number of carbonyl (C=O) groups excluding carboxylic acids is 1. The topological polar surface area (TPSA) is 74.2 Å². The number of nitrogens with one attached hydrogen (secondary N) is 1. The van der Waals surface area contributed by atoms with E-state index < -0.39 is 17.8 Å². The summed E-state index contributed by atoms with van der Waals surface area (Å²) in [5.74, 6) is 0.642. The molecule has 0 radical (unpaired) electrons. The first-order chi connectivity index (χ1) is 16.1. The zero-order valence-corrected chi connectivity index (χ0v) is 19.1. The van der Waals surface area contributed by atoms with Gasteiger partial charge in [-0.2, -0.15) is 18.3 Å². The highest BCUT2D eigenvalue weighted by Crippen LogP contribution is 2.43. The summed E-state index contributed by atoms with van der Waals surface area (Å²) >= 11 is 0. The van der Waals surface area contributed by atoms with Crippen molar-refractivity contribution in [3.8, 4) is 0 Å². The fourth-order valence-electron chi connectivity index (χ4n) is 4.86. The Balaban J connectivity index is 1.42. The third kappa shape index (κ3) is 3.70. The Bertz CT molecular complexity index is 1270. The Morgan fingerprint density at radius 1 is 1.18 bits per heavy atom. The fraction of sp³-hybridized carbons (Fsp3) is 0.417. The van der Waals surface area contributed by atoms with E-state index in [1.807, 2.05) is 20.0 Å². The summed E-state index contributed by atoms with van der Waals surface area (Å²) in [5, 5.41) is 12.4. The molecule has 0 bridgehead atoms. The first-order valence-electron chi connectivity index (χ1n) is 11.1. The van der Waals surface area contributed by atoms with Crippen LogP contribution < -0.4 is 10.2 Å². The van der Waals surface area contributed by atoms with Crippen LogP contribution in [0.2, 0.25) is 0 Å². The lowest BCUT2D eigenvalue weighted by atomic mass is 9.78. The van der Waals surface area contributed by atoms with Crippen molar-refractivity contribution >= 4 is 28.3 Å². The summed E-state index contributed by atoms with van der Waals surface area (Å²) in [6.45, 7) is 5.66. The van der Waals surface area contributed by atoms with Gasteiger partial charge in [0.2, 0.25) is 5.91 Å². The van der Waals surface area contributed by atoms with Gasteiger partial charge in [0.25, 0.3) is 0 Å². The quantitative estimate of drug-likeness (QED) is 0.616. The number of pyridine rings is 1. The largest absolute Gasteiger partial charge is 0.416 e. The van der Waals surface area contributed by atoms with Crippen LogP contribution in [0.1, 0.15) is 36.2 Å². The molecule has 3 aromatic rings. The van der Waals surface area contributed by atoms with Crippen molar-refractivity contribution in [2.75, 3.05) is 36.9 Å². The summed E-state index contributed by atoms with van der Waals surface area (Å²) in [5.41, 5.74) is 1.69. The molecule has 5 rings (SSSR count). The van der Waals surface area contributed by atoms with E-state index >= 15 is 0 Å². The molecule has 1 amide bonds. The van der Waals surface area contributed by atoms with Crippen LogP contribution in [0.15, 0.2) is 36.5 Å². The second-order valence-corrected chi connectivity index (χ2v) is 9.33. The SMILES string of the molecule is Cc1nnc(N[C@H](C)c2cccc(C(F)(F)F)c2)c2cc(N3CC4(CCN(C)C4=O)C3)cnc12. The molecule has 0 aliphatic carbocycles. The predicted molar refractivity (Wildman–Crippen MR) is 122 cm³/mol. The van der Waals surface area contributed by atoms with Crippen molar-refractivity contribution in [3.05, 3.63) is 53.3 Å². The van der Waals surface area contributed by atoms with Crippen molar-refractivity contribution in [2.45, 2.75) is 32.5 Å². The second-order valence-electron chi connectivity index (χ2n) is 9.33. The minimum atomic E-state index is -4.41. The van der Waals surface area contributed by atoms with Gasteiger partial charge in [-0.05, 0) is 44.0 Å². The van der Waals surface area contributed by atoms with Crippen LogP contribution in [0.5, 0.6) is 0 Å². The van der Waals surface area contributed by atoms with Crippen LogP contribution in [0, 0.1) is 12.3 Å². The number of anilines is 2. The van der Waals surface area contributed by atoms with Gasteiger partial charge < -0.3 is 15.1 Å². The van der Waals surface area contributed by atoms with E-state index in [9.17, 15) is 18.0 Å². The number of likely N-dealkylation sites (tertiary alicyclic amines) is 1. The van der Waals surface area contributed by atoms with Crippen LogP contribution in [0.25, 0.3) is 10.9 Å². The second kappa shape index (κ2) is 7.82. The molecular weight excluding hydrogens is 445 g/mol. The van der Waals surface area contributed by atoms with Crippen LogP contribution in [-0.2, 0) is 11.0 Å². The molecule has 2 aromatic heterocycles. The standard InChI is InChI=1S/C24H25F3N6O/c1-14(16-5-4-6-17(9-16)24(25,26)27)29-21-19-10-18(11-28-20(19)15(2)30-31-21)33-12-23(13-33)7-8-32(3)22(23)34/h4-6,9-11,14H,7-8,12-13H2,1-3H3,(H,29,31)/t14-/m1/s1. The maximum Gasteiger partial charge on any atom is 0.416 e. The van der Waals surface area contributed by atoms with Crippen molar-refractivity contribution in [1.82, 2.24) is 20.1 Å². The van der Waals surface area contributed by atoms with Crippen LogP contribution in [-0.4, -0.2) is 52.7 Å². The van der Waals surface area contributed by atoms with Crippen LogP contribution in [0.3, 0.4) is 0 Å². The first-order valence-corrected chi connectivity index (χ1v) is 11.1. The minimum Gasteiger partial charge on any atom is -0.368 e. The molecule has 10 heteroatoms. The third-order valence-electron chi connectivity index (χ3n) is 6.92. The number of rotatable bonds is 4. The van der Waals surface area contributed by atoms with E-state index in [0.29, 0.717) is 35.7 Å². The summed E-state index contributed by atoms with van der Waals surface area (Å²) in [6.07, 6.45) is -1.78.